The van der Waals surface area contributed by atoms with Crippen LogP contribution in [0.25, 0.3) is 10.8 Å². The van der Waals surface area contributed by atoms with Crippen molar-refractivity contribution in [1.82, 2.24) is 4.90 Å². The molecule has 0 aliphatic rings. The van der Waals surface area contributed by atoms with Gasteiger partial charge in [-0.05, 0) is 23.4 Å². The van der Waals surface area contributed by atoms with E-state index >= 15 is 0 Å². The van der Waals surface area contributed by atoms with Crippen molar-refractivity contribution in [2.45, 2.75) is 13.5 Å². The second-order valence-corrected chi connectivity index (χ2v) is 5.07. The van der Waals surface area contributed by atoms with Crippen molar-refractivity contribution in [1.29, 1.82) is 0 Å². The maximum Gasteiger partial charge on any atom is 0.307 e. The van der Waals surface area contributed by atoms with Gasteiger partial charge in [0.05, 0.1) is 5.92 Å². The lowest BCUT2D eigenvalue weighted by Crippen LogP contribution is -2.28. The number of carboxylic acid groups (broad SMARTS) is 1. The Morgan fingerprint density at radius 3 is 2.63 bits per heavy atom. The second-order valence-electron chi connectivity index (χ2n) is 5.07. The summed E-state index contributed by atoms with van der Waals surface area (Å²) in [6.07, 6.45) is 0. The summed E-state index contributed by atoms with van der Waals surface area (Å²) in [4.78, 5) is 12.9. The van der Waals surface area contributed by atoms with Crippen molar-refractivity contribution < 1.29 is 9.90 Å². The topological polar surface area (TPSA) is 40.5 Å². The molecular formula is C16H19NO2. The van der Waals surface area contributed by atoms with Gasteiger partial charge in [0.1, 0.15) is 0 Å². The zero-order valence-electron chi connectivity index (χ0n) is 11.3. The number of hydrogen-bond donors (Lipinski definition) is 1. The predicted molar refractivity (Wildman–Crippen MR) is 77.1 cm³/mol. The molecule has 2 rings (SSSR count). The van der Waals surface area contributed by atoms with Gasteiger partial charge in [0.2, 0.25) is 0 Å². The standard InChI is InChI=1S/C16H19NO2/c1-12(16(18)19)10-17(2)11-14-8-5-7-13-6-3-4-9-15(13)14/h3-9,12H,10-11H2,1-2H3,(H,18,19). The quantitative estimate of drug-likeness (QED) is 0.895. The molecule has 0 fully saturated rings. The largest absolute Gasteiger partial charge is 0.481 e. The summed E-state index contributed by atoms with van der Waals surface area (Å²) in [5.41, 5.74) is 1.23. The van der Waals surface area contributed by atoms with E-state index in [2.05, 4.69) is 29.2 Å². The summed E-state index contributed by atoms with van der Waals surface area (Å²) in [5, 5.41) is 11.4. The maximum atomic E-state index is 10.9. The molecule has 0 heterocycles. The van der Waals surface area contributed by atoms with E-state index in [9.17, 15) is 4.79 Å². The molecule has 0 amide bonds. The van der Waals surface area contributed by atoms with Crippen molar-refractivity contribution >= 4 is 16.7 Å². The Morgan fingerprint density at radius 2 is 1.89 bits per heavy atom. The molecule has 1 atom stereocenters. The fraction of sp³-hybridized carbons (Fsp3) is 0.312. The Labute approximate surface area is 113 Å². The van der Waals surface area contributed by atoms with Crippen molar-refractivity contribution in [3.05, 3.63) is 48.0 Å². The van der Waals surface area contributed by atoms with Gasteiger partial charge in [0.25, 0.3) is 0 Å². The van der Waals surface area contributed by atoms with E-state index < -0.39 is 5.97 Å². The maximum absolute atomic E-state index is 10.9. The first-order valence-corrected chi connectivity index (χ1v) is 6.46. The number of carboxylic acids is 1. The SMILES string of the molecule is CC(CN(C)Cc1cccc2ccccc12)C(=O)O. The number of rotatable bonds is 5. The molecule has 0 aromatic heterocycles. The first-order valence-electron chi connectivity index (χ1n) is 6.46. The lowest BCUT2D eigenvalue weighted by molar-refractivity contribution is -0.141. The number of fused-ring (bicyclic) bond motifs is 1. The van der Waals surface area contributed by atoms with Gasteiger partial charge < -0.3 is 10.0 Å². The number of hydrogen-bond acceptors (Lipinski definition) is 2. The molecule has 2 aromatic carbocycles. The van der Waals surface area contributed by atoms with E-state index in [1.165, 1.54) is 16.3 Å². The molecule has 3 heteroatoms. The molecule has 0 saturated heterocycles. The van der Waals surface area contributed by atoms with Crippen molar-refractivity contribution in [3.8, 4) is 0 Å². The average molecular weight is 257 g/mol. The lowest BCUT2D eigenvalue weighted by atomic mass is 10.0. The minimum atomic E-state index is -0.746. The monoisotopic (exact) mass is 257 g/mol. The molecule has 100 valence electrons. The molecule has 0 saturated carbocycles. The molecule has 1 unspecified atom stereocenters. The normalized spacial score (nSPS) is 12.8. The third-order valence-corrected chi connectivity index (χ3v) is 3.33. The van der Waals surface area contributed by atoms with Crippen LogP contribution in [0, 0.1) is 5.92 Å². The molecule has 0 aliphatic carbocycles. The molecule has 0 spiro atoms. The van der Waals surface area contributed by atoms with Crippen LogP contribution in [-0.4, -0.2) is 29.6 Å². The van der Waals surface area contributed by atoms with Crippen LogP contribution < -0.4 is 0 Å². The highest BCUT2D eigenvalue weighted by molar-refractivity contribution is 5.85. The van der Waals surface area contributed by atoms with Crippen LogP contribution in [0.2, 0.25) is 0 Å². The van der Waals surface area contributed by atoms with Gasteiger partial charge in [-0.15, -0.1) is 0 Å². The van der Waals surface area contributed by atoms with Crippen LogP contribution in [0.4, 0.5) is 0 Å². The van der Waals surface area contributed by atoms with Gasteiger partial charge in [-0.1, -0.05) is 49.4 Å². The first kappa shape index (κ1) is 13.6. The molecule has 0 radical (unpaired) electrons. The summed E-state index contributed by atoms with van der Waals surface area (Å²) in [5.74, 6) is -1.09. The predicted octanol–water partition coefficient (Wildman–Crippen LogP) is 2.99. The fourth-order valence-corrected chi connectivity index (χ4v) is 2.33. The summed E-state index contributed by atoms with van der Waals surface area (Å²) >= 11 is 0. The van der Waals surface area contributed by atoms with E-state index in [0.29, 0.717) is 6.54 Å². The molecule has 0 bridgehead atoms. The van der Waals surface area contributed by atoms with Crippen molar-refractivity contribution in [2.75, 3.05) is 13.6 Å². The van der Waals surface area contributed by atoms with Gasteiger partial charge in [-0.2, -0.15) is 0 Å². The number of aliphatic carboxylic acids is 1. The van der Waals surface area contributed by atoms with Gasteiger partial charge in [0.15, 0.2) is 0 Å². The molecule has 1 N–H and O–H groups in total. The van der Waals surface area contributed by atoms with Gasteiger partial charge in [-0.25, -0.2) is 0 Å². The lowest BCUT2D eigenvalue weighted by Gasteiger charge is -2.20. The molecule has 3 nitrogen and oxygen atoms in total. The van der Waals surface area contributed by atoms with E-state index in [-0.39, 0.29) is 5.92 Å². The van der Waals surface area contributed by atoms with Crippen molar-refractivity contribution in [3.63, 3.8) is 0 Å². The Morgan fingerprint density at radius 1 is 1.21 bits per heavy atom. The highest BCUT2D eigenvalue weighted by Gasteiger charge is 2.14. The second kappa shape index (κ2) is 5.85. The van der Waals surface area contributed by atoms with Crippen LogP contribution in [-0.2, 0) is 11.3 Å². The number of nitrogens with zero attached hydrogens (tertiary/aromatic N) is 1. The van der Waals surface area contributed by atoms with Crippen LogP contribution >= 0.6 is 0 Å². The highest BCUT2D eigenvalue weighted by Crippen LogP contribution is 2.19. The van der Waals surface area contributed by atoms with Crippen LogP contribution in [0.15, 0.2) is 42.5 Å². The van der Waals surface area contributed by atoms with Gasteiger partial charge in [-0.3, -0.25) is 4.79 Å². The van der Waals surface area contributed by atoms with Crippen LogP contribution in [0.1, 0.15) is 12.5 Å². The molecule has 2 aromatic rings. The van der Waals surface area contributed by atoms with E-state index in [0.717, 1.165) is 6.54 Å². The molecular weight excluding hydrogens is 238 g/mol. The smallest absolute Gasteiger partial charge is 0.307 e. The Bertz CT molecular complexity index is 574. The Hall–Kier alpha value is -1.87. The minimum absolute atomic E-state index is 0.347. The average Bonchev–Trinajstić information content (AvgIpc) is 2.39. The fourth-order valence-electron chi connectivity index (χ4n) is 2.33. The zero-order chi connectivity index (χ0) is 13.8. The third-order valence-electron chi connectivity index (χ3n) is 3.33. The first-order chi connectivity index (χ1) is 9.08. The summed E-state index contributed by atoms with van der Waals surface area (Å²) in [6.45, 7) is 3.06. The van der Waals surface area contributed by atoms with E-state index in [1.54, 1.807) is 6.92 Å². The molecule has 0 aliphatic heterocycles. The van der Waals surface area contributed by atoms with E-state index in [4.69, 9.17) is 5.11 Å². The van der Waals surface area contributed by atoms with Crippen LogP contribution in [0.3, 0.4) is 0 Å². The Kier molecular flexibility index (Phi) is 4.17. The Balaban J connectivity index is 2.15. The van der Waals surface area contributed by atoms with Crippen LogP contribution in [0.5, 0.6) is 0 Å². The number of carbonyl (C=O) groups is 1. The summed E-state index contributed by atoms with van der Waals surface area (Å²) < 4.78 is 0. The van der Waals surface area contributed by atoms with Gasteiger partial charge in [0, 0.05) is 13.1 Å². The minimum Gasteiger partial charge on any atom is -0.481 e. The summed E-state index contributed by atoms with van der Waals surface area (Å²) in [6, 6.07) is 14.5. The van der Waals surface area contributed by atoms with Crippen molar-refractivity contribution in [2.24, 2.45) is 5.92 Å². The highest BCUT2D eigenvalue weighted by atomic mass is 16.4. The van der Waals surface area contributed by atoms with E-state index in [1.807, 2.05) is 25.2 Å². The number of benzene rings is 2. The third kappa shape index (κ3) is 3.32. The summed E-state index contributed by atoms with van der Waals surface area (Å²) in [7, 11) is 1.96. The zero-order valence-corrected chi connectivity index (χ0v) is 11.3. The van der Waals surface area contributed by atoms with Gasteiger partial charge >= 0.3 is 5.97 Å². The molecule has 19 heavy (non-hydrogen) atoms.